The zero-order chi connectivity index (χ0) is 11.6. The van der Waals surface area contributed by atoms with Gasteiger partial charge in [-0.1, -0.05) is 0 Å². The number of carbonyl (C=O) groups is 1. The molecule has 82 valence electrons. The van der Waals surface area contributed by atoms with Gasteiger partial charge in [-0.15, -0.1) is 0 Å². The summed E-state index contributed by atoms with van der Waals surface area (Å²) in [5.41, 5.74) is 4.60. The van der Waals surface area contributed by atoms with Gasteiger partial charge in [0.05, 0.1) is 0 Å². The first kappa shape index (κ1) is 11.5. The van der Waals surface area contributed by atoms with Crippen molar-refractivity contribution in [2.75, 3.05) is 19.5 Å². The Bertz CT molecular complexity index is 388. The molecule has 0 amide bonds. The fraction of sp³-hybridized carbons (Fsp3) is 0.400. The van der Waals surface area contributed by atoms with Crippen molar-refractivity contribution < 1.29 is 9.90 Å². The number of carboxylic acid groups (broad SMARTS) is 1. The number of nitrogens with zero attached hydrogens (tertiary/aromatic N) is 2. The molecule has 0 saturated heterocycles. The van der Waals surface area contributed by atoms with Crippen molar-refractivity contribution in [3.05, 3.63) is 22.9 Å². The normalized spacial score (nSPS) is 10.5. The number of aromatic nitrogens is 1. The van der Waals surface area contributed by atoms with Crippen LogP contribution in [0.5, 0.6) is 0 Å². The van der Waals surface area contributed by atoms with Gasteiger partial charge in [-0.3, -0.25) is 0 Å². The zero-order valence-corrected chi connectivity index (χ0v) is 9.33. The van der Waals surface area contributed by atoms with Gasteiger partial charge in [0.25, 0.3) is 0 Å². The second kappa shape index (κ2) is 4.27. The second-order valence-corrected chi connectivity index (χ2v) is 3.62. The molecule has 0 bridgehead atoms. The molecule has 0 aliphatic rings. The first-order valence-electron chi connectivity index (χ1n) is 4.57. The summed E-state index contributed by atoms with van der Waals surface area (Å²) in [6, 6.07) is 1.75. The largest absolute Gasteiger partial charge is 0.478 e. The Balaban J connectivity index is 3.27. The van der Waals surface area contributed by atoms with Crippen LogP contribution in [0.15, 0.2) is 6.07 Å². The molecule has 0 radical (unpaired) electrons. The van der Waals surface area contributed by atoms with Gasteiger partial charge in [-0.05, 0) is 25.5 Å². The van der Waals surface area contributed by atoms with E-state index in [0.717, 1.165) is 5.69 Å². The highest BCUT2D eigenvalue weighted by Crippen LogP contribution is 2.18. The number of pyridine rings is 1. The molecule has 0 saturated carbocycles. The molecular weight excluding hydrogens is 194 g/mol. The van der Waals surface area contributed by atoms with Gasteiger partial charge >= 0.3 is 5.97 Å². The summed E-state index contributed by atoms with van der Waals surface area (Å²) in [5.74, 6) is -0.589. The molecule has 1 aromatic rings. The molecule has 1 rings (SSSR count). The number of aromatic carboxylic acids is 1. The predicted octanol–water partition coefficient (Wildman–Crippen LogP) is 1.29. The number of hydrogen-bond acceptors (Lipinski definition) is 4. The highest BCUT2D eigenvalue weighted by Gasteiger charge is 2.15. The van der Waals surface area contributed by atoms with Gasteiger partial charge in [0.2, 0.25) is 0 Å². The molecule has 5 heteroatoms. The lowest BCUT2D eigenvalue weighted by atomic mass is 10.1. The van der Waals surface area contributed by atoms with Crippen molar-refractivity contribution in [3.63, 3.8) is 0 Å². The summed E-state index contributed by atoms with van der Waals surface area (Å²) in [5, 5.41) is 10.7. The molecule has 0 spiro atoms. The minimum absolute atomic E-state index is 0.217. The SMILES string of the molecule is Cc1cc(C)c(C(=O)O)c(NN(C)C)n1. The van der Waals surface area contributed by atoms with Gasteiger partial charge in [0.1, 0.15) is 5.56 Å². The van der Waals surface area contributed by atoms with E-state index >= 15 is 0 Å². The number of nitrogens with one attached hydrogen (secondary N) is 1. The van der Waals surface area contributed by atoms with Crippen molar-refractivity contribution in [2.24, 2.45) is 0 Å². The summed E-state index contributed by atoms with van der Waals surface area (Å²) in [6.45, 7) is 3.60. The molecule has 0 aliphatic heterocycles. The maximum Gasteiger partial charge on any atom is 0.339 e. The number of hydrogen-bond donors (Lipinski definition) is 2. The van der Waals surface area contributed by atoms with Crippen LogP contribution >= 0.6 is 0 Å². The van der Waals surface area contributed by atoms with Crippen LogP contribution < -0.4 is 5.43 Å². The summed E-state index contributed by atoms with van der Waals surface area (Å²) >= 11 is 0. The molecule has 5 nitrogen and oxygen atoms in total. The van der Waals surface area contributed by atoms with Crippen LogP contribution in [0.1, 0.15) is 21.6 Å². The topological polar surface area (TPSA) is 65.5 Å². The van der Waals surface area contributed by atoms with Crippen LogP contribution in [0, 0.1) is 13.8 Å². The quantitative estimate of drug-likeness (QED) is 0.734. The van der Waals surface area contributed by atoms with Gasteiger partial charge in [-0.2, -0.15) is 0 Å². The minimum Gasteiger partial charge on any atom is -0.478 e. The minimum atomic E-state index is -0.968. The number of hydrazine groups is 1. The smallest absolute Gasteiger partial charge is 0.339 e. The van der Waals surface area contributed by atoms with Crippen LogP contribution in [0.3, 0.4) is 0 Å². The molecule has 1 aromatic heterocycles. The van der Waals surface area contributed by atoms with Crippen LogP contribution in [0.2, 0.25) is 0 Å². The third-order valence-corrected chi connectivity index (χ3v) is 1.89. The van der Waals surface area contributed by atoms with E-state index in [9.17, 15) is 4.79 Å². The first-order valence-corrected chi connectivity index (χ1v) is 4.57. The maximum absolute atomic E-state index is 11.0. The Morgan fingerprint density at radius 2 is 2.07 bits per heavy atom. The molecule has 0 atom stereocenters. The lowest BCUT2D eigenvalue weighted by Gasteiger charge is -2.16. The van der Waals surface area contributed by atoms with Crippen LogP contribution in [-0.4, -0.2) is 35.2 Å². The van der Waals surface area contributed by atoms with Crippen molar-refractivity contribution in [3.8, 4) is 0 Å². The monoisotopic (exact) mass is 209 g/mol. The average molecular weight is 209 g/mol. The zero-order valence-electron chi connectivity index (χ0n) is 9.33. The molecule has 0 aliphatic carbocycles. The Labute approximate surface area is 88.7 Å². The Hall–Kier alpha value is -1.62. The highest BCUT2D eigenvalue weighted by molar-refractivity contribution is 5.94. The van der Waals surface area contributed by atoms with E-state index in [1.807, 2.05) is 6.92 Å². The van der Waals surface area contributed by atoms with E-state index in [0.29, 0.717) is 11.4 Å². The van der Waals surface area contributed by atoms with Crippen molar-refractivity contribution >= 4 is 11.8 Å². The highest BCUT2D eigenvalue weighted by atomic mass is 16.4. The van der Waals surface area contributed by atoms with Crippen molar-refractivity contribution in [1.82, 2.24) is 9.99 Å². The van der Waals surface area contributed by atoms with Gasteiger partial charge < -0.3 is 10.5 Å². The van der Waals surface area contributed by atoms with E-state index in [-0.39, 0.29) is 5.56 Å². The predicted molar refractivity (Wildman–Crippen MR) is 58.0 cm³/mol. The molecule has 0 aromatic carbocycles. The maximum atomic E-state index is 11.0. The standard InChI is InChI=1S/C10H15N3O2/c1-6-5-7(2)11-9(12-13(3)4)8(6)10(14)15/h5H,1-4H3,(H,11,12)(H,14,15). The fourth-order valence-electron chi connectivity index (χ4n) is 1.40. The van der Waals surface area contributed by atoms with E-state index in [1.54, 1.807) is 32.1 Å². The molecule has 1 heterocycles. The van der Waals surface area contributed by atoms with Crippen molar-refractivity contribution in [1.29, 1.82) is 0 Å². The molecular formula is C10H15N3O2. The number of anilines is 1. The van der Waals surface area contributed by atoms with Gasteiger partial charge in [-0.25, -0.2) is 14.8 Å². The summed E-state index contributed by atoms with van der Waals surface area (Å²) in [4.78, 5) is 15.2. The lowest BCUT2D eigenvalue weighted by Crippen LogP contribution is -2.23. The van der Waals surface area contributed by atoms with E-state index in [1.165, 1.54) is 0 Å². The Morgan fingerprint density at radius 3 is 2.53 bits per heavy atom. The van der Waals surface area contributed by atoms with E-state index in [4.69, 9.17) is 5.11 Å². The van der Waals surface area contributed by atoms with Crippen LogP contribution in [0.4, 0.5) is 5.82 Å². The fourth-order valence-corrected chi connectivity index (χ4v) is 1.40. The average Bonchev–Trinajstić information content (AvgIpc) is 1.99. The van der Waals surface area contributed by atoms with Crippen LogP contribution in [0.25, 0.3) is 0 Å². The Morgan fingerprint density at radius 1 is 1.47 bits per heavy atom. The van der Waals surface area contributed by atoms with Gasteiger partial charge in [0.15, 0.2) is 5.82 Å². The van der Waals surface area contributed by atoms with Crippen molar-refractivity contribution in [2.45, 2.75) is 13.8 Å². The molecule has 0 fully saturated rings. The summed E-state index contributed by atoms with van der Waals surface area (Å²) in [7, 11) is 3.57. The van der Waals surface area contributed by atoms with Gasteiger partial charge in [0, 0.05) is 19.8 Å². The van der Waals surface area contributed by atoms with Crippen LogP contribution in [-0.2, 0) is 0 Å². The Kier molecular flexibility index (Phi) is 3.26. The molecule has 2 N–H and O–H groups in total. The number of rotatable bonds is 3. The first-order chi connectivity index (χ1) is 6.91. The third-order valence-electron chi connectivity index (χ3n) is 1.89. The number of aryl methyl sites for hydroxylation is 2. The summed E-state index contributed by atoms with van der Waals surface area (Å²) < 4.78 is 0. The second-order valence-electron chi connectivity index (χ2n) is 3.62. The van der Waals surface area contributed by atoms with E-state index in [2.05, 4.69) is 10.4 Å². The lowest BCUT2D eigenvalue weighted by molar-refractivity contribution is 0.0696. The molecule has 15 heavy (non-hydrogen) atoms. The number of carboxylic acids is 1. The molecule has 0 unspecified atom stereocenters. The van der Waals surface area contributed by atoms with E-state index < -0.39 is 5.97 Å². The third kappa shape index (κ3) is 2.66. The summed E-state index contributed by atoms with van der Waals surface area (Å²) in [6.07, 6.45) is 0.